The second-order valence-electron chi connectivity index (χ2n) is 13.9. The number of carbonyl (C=O) groups is 2. The first-order chi connectivity index (χ1) is 25.6. The first-order valence-electron chi connectivity index (χ1n) is 20.5. The zero-order chi connectivity index (χ0) is 39.4. The van der Waals surface area contributed by atoms with Crippen molar-refractivity contribution in [2.45, 2.75) is 192 Å². The van der Waals surface area contributed by atoms with Crippen LogP contribution in [0, 0.1) is 0 Å². The Morgan fingerprint density at radius 2 is 0.981 bits per heavy atom. The molecule has 0 saturated carbocycles. The van der Waals surface area contributed by atoms with Gasteiger partial charge in [-0.2, -0.15) is 0 Å². The second-order valence-corrected chi connectivity index (χ2v) is 15.4. The van der Waals surface area contributed by atoms with Crippen LogP contribution in [0.2, 0.25) is 0 Å². The van der Waals surface area contributed by atoms with Gasteiger partial charge in [-0.15, -0.1) is 0 Å². The van der Waals surface area contributed by atoms with E-state index in [1.165, 1.54) is 89.9 Å². The van der Waals surface area contributed by atoms with Crippen LogP contribution in [0.4, 0.5) is 0 Å². The number of carbonyl (C=O) groups excluding carboxylic acids is 2. The molecule has 0 aromatic heterocycles. The lowest BCUT2D eigenvalue weighted by atomic mass is 10.1. The van der Waals surface area contributed by atoms with Crippen molar-refractivity contribution in [2.24, 2.45) is 0 Å². The lowest BCUT2D eigenvalue weighted by Crippen LogP contribution is -2.41. The van der Waals surface area contributed by atoms with Gasteiger partial charge in [-0.25, -0.2) is 4.57 Å². The van der Waals surface area contributed by atoms with Crippen molar-refractivity contribution in [1.29, 1.82) is 0 Å². The van der Waals surface area contributed by atoms with E-state index in [9.17, 15) is 34.4 Å². The van der Waals surface area contributed by atoms with Gasteiger partial charge < -0.3 is 34.8 Å². The average molecular weight is 779 g/mol. The molecular formula is C40H75O12P. The molecule has 0 fully saturated rings. The van der Waals surface area contributed by atoms with E-state index < -0.39 is 70.6 Å². The first-order valence-corrected chi connectivity index (χ1v) is 22.0. The molecule has 0 heterocycles. The number of phosphoric ester groups is 1. The number of aliphatic hydroxyl groups is 4. The smallest absolute Gasteiger partial charge is 0.462 e. The van der Waals surface area contributed by atoms with Crippen LogP contribution in [-0.4, -0.2) is 88.1 Å². The molecule has 0 bridgehead atoms. The lowest BCUT2D eigenvalue weighted by molar-refractivity contribution is -0.161. The third-order valence-electron chi connectivity index (χ3n) is 8.82. The summed E-state index contributed by atoms with van der Waals surface area (Å²) in [5, 5.41) is 37.9. The van der Waals surface area contributed by atoms with E-state index >= 15 is 0 Å². The first kappa shape index (κ1) is 51.4. The SMILES string of the molecule is CCCCCCCCCC=CCCCCC(=O)OC[C@H](COP(=O)(O)OC[C@@H](O)[C@@H](O)[C@H](O)CO)OC(=O)CCCC/C=C\CCCCCCCCC. The molecule has 0 aliphatic heterocycles. The van der Waals surface area contributed by atoms with Crippen molar-refractivity contribution in [3.05, 3.63) is 24.3 Å². The summed E-state index contributed by atoms with van der Waals surface area (Å²) >= 11 is 0. The van der Waals surface area contributed by atoms with Crippen LogP contribution in [0.3, 0.4) is 0 Å². The summed E-state index contributed by atoms with van der Waals surface area (Å²) in [6.45, 7) is 1.66. The Labute approximate surface area is 320 Å². The Bertz CT molecular complexity index is 975. The number of esters is 2. The molecule has 0 aliphatic rings. The predicted octanol–water partition coefficient (Wildman–Crippen LogP) is 8.16. The van der Waals surface area contributed by atoms with Crippen molar-refractivity contribution in [2.75, 3.05) is 26.4 Å². The van der Waals surface area contributed by atoms with E-state index in [4.69, 9.17) is 23.6 Å². The molecule has 5 atom stereocenters. The monoisotopic (exact) mass is 778 g/mol. The van der Waals surface area contributed by atoms with Gasteiger partial charge in [-0.05, 0) is 64.2 Å². The summed E-state index contributed by atoms with van der Waals surface area (Å²) in [6.07, 6.45) is 26.9. The highest BCUT2D eigenvalue weighted by Crippen LogP contribution is 2.43. The van der Waals surface area contributed by atoms with Crippen LogP contribution >= 0.6 is 7.82 Å². The highest BCUT2D eigenvalue weighted by Gasteiger charge is 2.30. The van der Waals surface area contributed by atoms with Gasteiger partial charge in [0.2, 0.25) is 0 Å². The Morgan fingerprint density at radius 1 is 0.566 bits per heavy atom. The molecular weight excluding hydrogens is 703 g/mol. The van der Waals surface area contributed by atoms with Gasteiger partial charge in [0.25, 0.3) is 0 Å². The van der Waals surface area contributed by atoms with Crippen LogP contribution in [0.1, 0.15) is 168 Å². The van der Waals surface area contributed by atoms with Crippen LogP contribution in [0.25, 0.3) is 0 Å². The molecule has 312 valence electrons. The number of unbranched alkanes of at least 4 members (excludes halogenated alkanes) is 18. The molecule has 5 N–H and O–H groups in total. The fraction of sp³-hybridized carbons (Fsp3) is 0.850. The Balaban J connectivity index is 4.65. The number of phosphoric acid groups is 1. The minimum Gasteiger partial charge on any atom is -0.462 e. The van der Waals surface area contributed by atoms with Gasteiger partial charge >= 0.3 is 19.8 Å². The van der Waals surface area contributed by atoms with Gasteiger partial charge in [0.15, 0.2) is 6.10 Å². The number of hydrogen-bond donors (Lipinski definition) is 5. The van der Waals surface area contributed by atoms with E-state index in [1.54, 1.807) is 0 Å². The second kappa shape index (κ2) is 36.0. The van der Waals surface area contributed by atoms with Crippen molar-refractivity contribution in [1.82, 2.24) is 0 Å². The third-order valence-corrected chi connectivity index (χ3v) is 9.77. The van der Waals surface area contributed by atoms with Crippen LogP contribution in [0.5, 0.6) is 0 Å². The maximum Gasteiger partial charge on any atom is 0.472 e. The average Bonchev–Trinajstić information content (AvgIpc) is 3.14. The molecule has 0 aromatic rings. The van der Waals surface area contributed by atoms with Crippen LogP contribution in [0.15, 0.2) is 24.3 Å². The summed E-state index contributed by atoms with van der Waals surface area (Å²) in [7, 11) is -4.83. The highest BCUT2D eigenvalue weighted by atomic mass is 31.2. The van der Waals surface area contributed by atoms with Gasteiger partial charge in [0, 0.05) is 12.8 Å². The topological polar surface area (TPSA) is 189 Å². The molecule has 0 rings (SSSR count). The standard InChI is InChI=1S/C40H75O12P/c1-3-5-7-9-11-13-15-17-19-21-23-25-27-29-38(44)49-32-35(33-50-53(47,48)51-34-37(43)40(46)36(42)31-41)52-39(45)30-28-26-24-22-20-18-16-14-12-10-8-6-4-2/h19-22,35-37,40-43,46H,3-18,23-34H2,1-2H3,(H,47,48)/b21-19?,22-20-/t35-,36-,37-,40+/m1/s1. The molecule has 53 heavy (non-hydrogen) atoms. The maximum atomic E-state index is 12.6. The molecule has 0 radical (unpaired) electrons. The van der Waals surface area contributed by atoms with Crippen LogP contribution < -0.4 is 0 Å². The van der Waals surface area contributed by atoms with Crippen LogP contribution in [-0.2, 0) is 32.7 Å². The van der Waals surface area contributed by atoms with Crippen molar-refractivity contribution in [3.8, 4) is 0 Å². The zero-order valence-corrected chi connectivity index (χ0v) is 33.9. The minimum absolute atomic E-state index is 0.104. The maximum absolute atomic E-state index is 12.6. The van der Waals surface area contributed by atoms with E-state index in [0.29, 0.717) is 12.8 Å². The van der Waals surface area contributed by atoms with Crippen molar-refractivity contribution in [3.63, 3.8) is 0 Å². The molecule has 0 saturated heterocycles. The molecule has 1 unspecified atom stereocenters. The van der Waals surface area contributed by atoms with E-state index in [-0.39, 0.29) is 12.8 Å². The quantitative estimate of drug-likeness (QED) is 0.0175. The van der Waals surface area contributed by atoms with Crippen molar-refractivity contribution >= 4 is 19.8 Å². The fourth-order valence-electron chi connectivity index (χ4n) is 5.44. The molecule has 0 aliphatic carbocycles. The molecule has 0 aromatic carbocycles. The number of rotatable bonds is 38. The van der Waals surface area contributed by atoms with Gasteiger partial charge in [-0.3, -0.25) is 18.6 Å². The summed E-state index contributed by atoms with van der Waals surface area (Å²) < 4.78 is 32.8. The summed E-state index contributed by atoms with van der Waals surface area (Å²) in [6, 6.07) is 0. The number of hydrogen-bond acceptors (Lipinski definition) is 11. The van der Waals surface area contributed by atoms with Gasteiger partial charge in [0.1, 0.15) is 24.9 Å². The molecule has 0 spiro atoms. The Hall–Kier alpha value is -1.63. The fourth-order valence-corrected chi connectivity index (χ4v) is 6.21. The van der Waals surface area contributed by atoms with E-state index in [2.05, 4.69) is 38.2 Å². The Kier molecular flexibility index (Phi) is 34.9. The van der Waals surface area contributed by atoms with Gasteiger partial charge in [0.05, 0.1) is 19.8 Å². The minimum atomic E-state index is -4.83. The molecule has 0 amide bonds. The van der Waals surface area contributed by atoms with E-state index in [1.807, 2.05) is 0 Å². The lowest BCUT2D eigenvalue weighted by Gasteiger charge is -2.23. The third kappa shape index (κ3) is 33.4. The number of ether oxygens (including phenoxy) is 2. The number of aliphatic hydroxyl groups excluding tert-OH is 4. The zero-order valence-electron chi connectivity index (χ0n) is 33.0. The van der Waals surface area contributed by atoms with Gasteiger partial charge in [-0.1, -0.05) is 115 Å². The Morgan fingerprint density at radius 3 is 1.45 bits per heavy atom. The summed E-state index contributed by atoms with van der Waals surface area (Å²) in [4.78, 5) is 35.1. The molecule has 13 heteroatoms. The highest BCUT2D eigenvalue weighted by molar-refractivity contribution is 7.47. The number of allylic oxidation sites excluding steroid dienone is 4. The largest absolute Gasteiger partial charge is 0.472 e. The van der Waals surface area contributed by atoms with E-state index in [0.717, 1.165) is 38.5 Å². The normalized spacial score (nSPS) is 15.4. The summed E-state index contributed by atoms with van der Waals surface area (Å²) in [5.41, 5.74) is 0. The summed E-state index contributed by atoms with van der Waals surface area (Å²) in [5.74, 6) is -1.07. The molecule has 12 nitrogen and oxygen atoms in total. The predicted molar refractivity (Wildman–Crippen MR) is 208 cm³/mol. The van der Waals surface area contributed by atoms with Crippen molar-refractivity contribution < 1.29 is 58.0 Å².